The van der Waals surface area contributed by atoms with Gasteiger partial charge < -0.3 is 0 Å². The highest BCUT2D eigenvalue weighted by Gasteiger charge is 2.19. The molecule has 2 aromatic heterocycles. The standard InChI is InChI=1S/C47H32N2S/c1-2-12-29-23-33(34-27-39-37-18-7-6-17-36(37)38-19-11-22-42-44(38)45(39)43(28-34)50-42)26-35(24-29)47-46(48-40-20-8-9-21-41(40)49-47)32-16-10-15-31(25-32)30-13-4-3-5-14-30/h3-11,13-28H,2,12H2,1H3. The van der Waals surface area contributed by atoms with Crippen molar-refractivity contribution in [1.29, 1.82) is 0 Å². The Hall–Kier alpha value is -5.90. The minimum Gasteiger partial charge on any atom is -0.244 e. The number of nitrogens with zero attached hydrogens (tertiary/aromatic N) is 2. The van der Waals surface area contributed by atoms with Gasteiger partial charge in [0.1, 0.15) is 0 Å². The predicted octanol–water partition coefficient (Wildman–Crippen LogP) is 13.4. The van der Waals surface area contributed by atoms with Crippen LogP contribution in [0.1, 0.15) is 18.9 Å². The van der Waals surface area contributed by atoms with E-state index in [0.717, 1.165) is 46.4 Å². The van der Waals surface area contributed by atoms with Crippen LogP contribution in [0.25, 0.3) is 97.5 Å². The van der Waals surface area contributed by atoms with Crippen LogP contribution in [0.15, 0.2) is 152 Å². The monoisotopic (exact) mass is 656 g/mol. The van der Waals surface area contributed by atoms with Gasteiger partial charge in [0, 0.05) is 31.3 Å². The number of thiophene rings is 1. The van der Waals surface area contributed by atoms with Gasteiger partial charge in [0.25, 0.3) is 0 Å². The Bertz CT molecular complexity index is 2880. The van der Waals surface area contributed by atoms with Crippen molar-refractivity contribution in [2.75, 3.05) is 0 Å². The highest BCUT2D eigenvalue weighted by Crippen LogP contribution is 2.47. The predicted molar refractivity (Wildman–Crippen MR) is 214 cm³/mol. The van der Waals surface area contributed by atoms with Gasteiger partial charge in [-0.15, -0.1) is 11.3 Å². The van der Waals surface area contributed by atoms with Crippen molar-refractivity contribution in [3.63, 3.8) is 0 Å². The first-order valence-corrected chi connectivity index (χ1v) is 18.2. The molecule has 0 bridgehead atoms. The molecular formula is C47H32N2S. The maximum Gasteiger partial charge on any atom is 0.0973 e. The maximum atomic E-state index is 5.35. The van der Waals surface area contributed by atoms with Gasteiger partial charge in [0.05, 0.1) is 22.4 Å². The fourth-order valence-corrected chi connectivity index (χ4v) is 9.01. The minimum atomic E-state index is 0.897. The molecule has 0 saturated heterocycles. The van der Waals surface area contributed by atoms with E-state index in [1.165, 1.54) is 69.5 Å². The molecule has 10 rings (SSSR count). The van der Waals surface area contributed by atoms with Crippen molar-refractivity contribution in [2.24, 2.45) is 0 Å². The van der Waals surface area contributed by atoms with Crippen LogP contribution in [0.3, 0.4) is 0 Å². The van der Waals surface area contributed by atoms with Crippen molar-refractivity contribution >= 4 is 64.1 Å². The smallest absolute Gasteiger partial charge is 0.0973 e. The molecule has 0 saturated carbocycles. The summed E-state index contributed by atoms with van der Waals surface area (Å²) in [6, 6.07) is 55.0. The minimum absolute atomic E-state index is 0.897. The van der Waals surface area contributed by atoms with E-state index >= 15 is 0 Å². The highest BCUT2D eigenvalue weighted by atomic mass is 32.1. The van der Waals surface area contributed by atoms with E-state index in [4.69, 9.17) is 9.97 Å². The van der Waals surface area contributed by atoms with Crippen LogP contribution < -0.4 is 0 Å². The number of hydrogen-bond donors (Lipinski definition) is 0. The summed E-state index contributed by atoms with van der Waals surface area (Å²) in [4.78, 5) is 10.6. The maximum absolute atomic E-state index is 5.35. The second-order valence-electron chi connectivity index (χ2n) is 13.2. The zero-order valence-electron chi connectivity index (χ0n) is 27.7. The van der Waals surface area contributed by atoms with E-state index in [1.54, 1.807) is 0 Å². The first-order chi connectivity index (χ1) is 24.7. The number of fused-ring (bicyclic) bond motifs is 4. The first kappa shape index (κ1) is 29.1. The van der Waals surface area contributed by atoms with E-state index in [1.807, 2.05) is 23.5 Å². The van der Waals surface area contributed by atoms with Crippen LogP contribution in [0, 0.1) is 0 Å². The van der Waals surface area contributed by atoms with Crippen LogP contribution >= 0.6 is 11.3 Å². The summed E-state index contributed by atoms with van der Waals surface area (Å²) in [7, 11) is 0. The van der Waals surface area contributed by atoms with Crippen molar-refractivity contribution in [3.8, 4) is 44.8 Å². The molecule has 0 fully saturated rings. The zero-order valence-corrected chi connectivity index (χ0v) is 28.5. The topological polar surface area (TPSA) is 25.8 Å². The lowest BCUT2D eigenvalue weighted by Gasteiger charge is -2.15. The molecule has 0 aliphatic rings. The van der Waals surface area contributed by atoms with Gasteiger partial charge in [0.2, 0.25) is 0 Å². The Morgan fingerprint density at radius 3 is 1.80 bits per heavy atom. The molecular weight excluding hydrogens is 625 g/mol. The molecule has 50 heavy (non-hydrogen) atoms. The fraction of sp³-hybridized carbons (Fsp3) is 0.0638. The van der Waals surface area contributed by atoms with Gasteiger partial charge in [-0.05, 0) is 104 Å². The molecule has 10 aromatic rings. The summed E-state index contributed by atoms with van der Waals surface area (Å²) >= 11 is 1.90. The summed E-state index contributed by atoms with van der Waals surface area (Å²) < 4.78 is 2.68. The molecule has 0 aliphatic heterocycles. The zero-order chi connectivity index (χ0) is 33.2. The Morgan fingerprint density at radius 2 is 1.00 bits per heavy atom. The normalized spacial score (nSPS) is 11.9. The Labute approximate surface area is 294 Å². The average Bonchev–Trinajstić information content (AvgIpc) is 3.56. The van der Waals surface area contributed by atoms with Crippen LogP contribution in [0.4, 0.5) is 0 Å². The molecule has 0 atom stereocenters. The third-order valence-electron chi connectivity index (χ3n) is 10.1. The van der Waals surface area contributed by atoms with Gasteiger partial charge in [-0.1, -0.05) is 116 Å². The van der Waals surface area contributed by atoms with E-state index < -0.39 is 0 Å². The van der Waals surface area contributed by atoms with E-state index in [2.05, 4.69) is 146 Å². The number of rotatable bonds is 6. The lowest BCUT2D eigenvalue weighted by molar-refractivity contribution is 0.922. The summed E-state index contributed by atoms with van der Waals surface area (Å²) in [6.45, 7) is 2.25. The van der Waals surface area contributed by atoms with E-state index in [0.29, 0.717) is 0 Å². The molecule has 0 unspecified atom stereocenters. The Morgan fingerprint density at radius 1 is 0.420 bits per heavy atom. The summed E-state index contributed by atoms with van der Waals surface area (Å²) in [5.74, 6) is 0. The highest BCUT2D eigenvalue weighted by molar-refractivity contribution is 7.26. The largest absolute Gasteiger partial charge is 0.244 e. The lowest BCUT2D eigenvalue weighted by Crippen LogP contribution is -1.97. The molecule has 0 aliphatic carbocycles. The Kier molecular flexibility index (Phi) is 6.75. The Balaban J connectivity index is 1.22. The third-order valence-corrected chi connectivity index (χ3v) is 11.2. The second-order valence-corrected chi connectivity index (χ2v) is 14.3. The summed E-state index contributed by atoms with van der Waals surface area (Å²) in [5.41, 5.74) is 11.9. The fourth-order valence-electron chi connectivity index (χ4n) is 7.81. The van der Waals surface area contributed by atoms with Crippen LogP contribution in [-0.4, -0.2) is 9.97 Å². The van der Waals surface area contributed by atoms with Crippen molar-refractivity contribution in [3.05, 3.63) is 157 Å². The van der Waals surface area contributed by atoms with Crippen molar-refractivity contribution < 1.29 is 0 Å². The quantitative estimate of drug-likeness (QED) is 0.166. The number of hydrogen-bond acceptors (Lipinski definition) is 3. The average molecular weight is 657 g/mol. The molecule has 236 valence electrons. The molecule has 8 aromatic carbocycles. The van der Waals surface area contributed by atoms with E-state index in [9.17, 15) is 0 Å². The van der Waals surface area contributed by atoms with E-state index in [-0.39, 0.29) is 0 Å². The second kappa shape index (κ2) is 11.6. The summed E-state index contributed by atoms with van der Waals surface area (Å²) in [5, 5.41) is 8.07. The number of aryl methyl sites for hydroxylation is 1. The summed E-state index contributed by atoms with van der Waals surface area (Å²) in [6.07, 6.45) is 2.06. The molecule has 3 heteroatoms. The number of aromatic nitrogens is 2. The van der Waals surface area contributed by atoms with Crippen LogP contribution in [0.5, 0.6) is 0 Å². The van der Waals surface area contributed by atoms with Crippen LogP contribution in [0.2, 0.25) is 0 Å². The molecule has 0 N–H and O–H groups in total. The number of para-hydroxylation sites is 2. The van der Waals surface area contributed by atoms with Crippen molar-refractivity contribution in [1.82, 2.24) is 9.97 Å². The molecule has 0 spiro atoms. The van der Waals surface area contributed by atoms with Crippen molar-refractivity contribution in [2.45, 2.75) is 19.8 Å². The third kappa shape index (κ3) is 4.69. The lowest BCUT2D eigenvalue weighted by atomic mass is 9.90. The molecule has 0 radical (unpaired) electrons. The first-order valence-electron chi connectivity index (χ1n) is 17.4. The van der Waals surface area contributed by atoms with Gasteiger partial charge in [-0.2, -0.15) is 0 Å². The van der Waals surface area contributed by atoms with Gasteiger partial charge in [-0.25, -0.2) is 9.97 Å². The molecule has 2 heterocycles. The molecule has 0 amide bonds. The number of benzene rings is 8. The molecule has 2 nitrogen and oxygen atoms in total. The van der Waals surface area contributed by atoms with Gasteiger partial charge in [-0.3, -0.25) is 0 Å². The van der Waals surface area contributed by atoms with Crippen LogP contribution in [-0.2, 0) is 6.42 Å². The SMILES string of the molecule is CCCc1cc(-c2cc3sc4cccc5c6ccccc6c(c2)c3c45)cc(-c2nc3ccccc3nc2-c2cccc(-c3ccccc3)c2)c1. The van der Waals surface area contributed by atoms with Gasteiger partial charge in [0.15, 0.2) is 0 Å². The van der Waals surface area contributed by atoms with Gasteiger partial charge >= 0.3 is 0 Å².